The van der Waals surface area contributed by atoms with E-state index < -0.39 is 0 Å². The Morgan fingerprint density at radius 3 is 2.29 bits per heavy atom. The van der Waals surface area contributed by atoms with Crippen molar-refractivity contribution < 1.29 is 4.74 Å². The molecule has 1 saturated carbocycles. The van der Waals surface area contributed by atoms with Crippen LogP contribution in [0.1, 0.15) is 24.0 Å². The number of hydrogen-bond acceptors (Lipinski definition) is 2. The van der Waals surface area contributed by atoms with Gasteiger partial charge in [-0.1, -0.05) is 53.5 Å². The monoisotopic (exact) mass is 321 g/mol. The zero-order valence-corrected chi connectivity index (χ0v) is 13.1. The van der Waals surface area contributed by atoms with E-state index in [0.717, 1.165) is 17.7 Å². The van der Waals surface area contributed by atoms with E-state index in [4.69, 9.17) is 27.9 Å². The molecule has 110 valence electrons. The standard InChI is InChI=1S/C17H17Cl2NO/c18-15-8-13(10-20-14-6-7-14)9-16(19)17(15)21-11-12-4-2-1-3-5-12/h1-5,8-9,14,20H,6-7,10-11H2. The highest BCUT2D eigenvalue weighted by molar-refractivity contribution is 6.37. The third kappa shape index (κ3) is 4.13. The first-order valence-corrected chi connectivity index (χ1v) is 7.86. The summed E-state index contributed by atoms with van der Waals surface area (Å²) in [5, 5.41) is 4.57. The number of nitrogens with one attached hydrogen (secondary N) is 1. The maximum absolute atomic E-state index is 6.29. The molecule has 1 aliphatic rings. The van der Waals surface area contributed by atoms with E-state index in [1.54, 1.807) is 0 Å². The third-order valence-electron chi connectivity index (χ3n) is 3.46. The van der Waals surface area contributed by atoms with E-state index >= 15 is 0 Å². The molecule has 0 radical (unpaired) electrons. The summed E-state index contributed by atoms with van der Waals surface area (Å²) in [6, 6.07) is 14.5. The SMILES string of the molecule is Clc1cc(CNC2CC2)cc(Cl)c1OCc1ccccc1. The fourth-order valence-corrected chi connectivity index (χ4v) is 2.77. The molecule has 0 bridgehead atoms. The summed E-state index contributed by atoms with van der Waals surface area (Å²) in [4.78, 5) is 0. The van der Waals surface area contributed by atoms with Gasteiger partial charge in [0.1, 0.15) is 6.61 Å². The molecule has 1 aliphatic carbocycles. The number of hydrogen-bond donors (Lipinski definition) is 1. The maximum Gasteiger partial charge on any atom is 0.156 e. The summed E-state index contributed by atoms with van der Waals surface area (Å²) in [7, 11) is 0. The summed E-state index contributed by atoms with van der Waals surface area (Å²) < 4.78 is 5.76. The molecule has 0 aliphatic heterocycles. The summed E-state index contributed by atoms with van der Waals surface area (Å²) in [5.41, 5.74) is 2.17. The molecule has 0 spiro atoms. The van der Waals surface area contributed by atoms with Gasteiger partial charge in [-0.3, -0.25) is 0 Å². The highest BCUT2D eigenvalue weighted by atomic mass is 35.5. The van der Waals surface area contributed by atoms with E-state index in [9.17, 15) is 0 Å². The largest absolute Gasteiger partial charge is 0.486 e. The Morgan fingerprint density at radius 2 is 1.67 bits per heavy atom. The van der Waals surface area contributed by atoms with Gasteiger partial charge in [-0.05, 0) is 36.1 Å². The van der Waals surface area contributed by atoms with Crippen molar-refractivity contribution in [3.63, 3.8) is 0 Å². The van der Waals surface area contributed by atoms with Crippen molar-refractivity contribution >= 4 is 23.2 Å². The van der Waals surface area contributed by atoms with Gasteiger partial charge in [0, 0.05) is 12.6 Å². The highest BCUT2D eigenvalue weighted by Gasteiger charge is 2.20. The van der Waals surface area contributed by atoms with Gasteiger partial charge >= 0.3 is 0 Å². The molecule has 1 fully saturated rings. The summed E-state index contributed by atoms with van der Waals surface area (Å²) >= 11 is 12.6. The molecular formula is C17H17Cl2NO. The number of rotatable bonds is 6. The van der Waals surface area contributed by atoms with E-state index in [2.05, 4.69) is 5.32 Å². The molecule has 21 heavy (non-hydrogen) atoms. The Bertz CT molecular complexity index is 588. The fourth-order valence-electron chi connectivity index (χ4n) is 2.13. The first-order chi connectivity index (χ1) is 10.2. The summed E-state index contributed by atoms with van der Waals surface area (Å²) in [5.74, 6) is 0.553. The van der Waals surface area contributed by atoms with Crippen LogP contribution in [0.2, 0.25) is 10.0 Å². The van der Waals surface area contributed by atoms with Crippen molar-refractivity contribution in [2.75, 3.05) is 0 Å². The summed E-state index contributed by atoms with van der Waals surface area (Å²) in [6.07, 6.45) is 2.53. The predicted octanol–water partition coefficient (Wildman–Crippen LogP) is 4.82. The second-order valence-corrected chi connectivity index (χ2v) is 6.13. The zero-order chi connectivity index (χ0) is 14.7. The molecule has 4 heteroatoms. The molecule has 1 N–H and O–H groups in total. The van der Waals surface area contributed by atoms with Crippen LogP contribution in [0.4, 0.5) is 0 Å². The lowest BCUT2D eigenvalue weighted by Gasteiger charge is -2.12. The van der Waals surface area contributed by atoms with Gasteiger partial charge in [0.05, 0.1) is 10.0 Å². The van der Waals surface area contributed by atoms with Crippen LogP contribution in [0.3, 0.4) is 0 Å². The van der Waals surface area contributed by atoms with Crippen LogP contribution in [0.5, 0.6) is 5.75 Å². The first-order valence-electron chi connectivity index (χ1n) is 7.10. The maximum atomic E-state index is 6.29. The Labute approximate surface area is 135 Å². The smallest absolute Gasteiger partial charge is 0.156 e. The lowest BCUT2D eigenvalue weighted by atomic mass is 10.2. The van der Waals surface area contributed by atoms with Crippen molar-refractivity contribution in [2.24, 2.45) is 0 Å². The minimum absolute atomic E-state index is 0.458. The number of benzene rings is 2. The molecular weight excluding hydrogens is 305 g/mol. The zero-order valence-electron chi connectivity index (χ0n) is 11.6. The lowest BCUT2D eigenvalue weighted by Crippen LogP contribution is -2.15. The quantitative estimate of drug-likeness (QED) is 0.823. The first kappa shape index (κ1) is 14.7. The minimum Gasteiger partial charge on any atom is -0.486 e. The Hall–Kier alpha value is -1.22. The normalized spacial score (nSPS) is 14.2. The van der Waals surface area contributed by atoms with Crippen molar-refractivity contribution in [1.82, 2.24) is 5.32 Å². The van der Waals surface area contributed by atoms with Gasteiger partial charge in [0.15, 0.2) is 5.75 Å². The van der Waals surface area contributed by atoms with E-state index in [1.807, 2.05) is 42.5 Å². The molecule has 0 heterocycles. The van der Waals surface area contributed by atoms with Gasteiger partial charge in [-0.15, -0.1) is 0 Å². The second-order valence-electron chi connectivity index (χ2n) is 5.32. The molecule has 2 nitrogen and oxygen atoms in total. The molecule has 0 saturated heterocycles. The van der Waals surface area contributed by atoms with Crippen LogP contribution in [-0.4, -0.2) is 6.04 Å². The topological polar surface area (TPSA) is 21.3 Å². The fraction of sp³-hybridized carbons (Fsp3) is 0.294. The average Bonchev–Trinajstić information content (AvgIpc) is 3.29. The van der Waals surface area contributed by atoms with Gasteiger partial charge in [-0.25, -0.2) is 0 Å². The van der Waals surface area contributed by atoms with Gasteiger partial charge < -0.3 is 10.1 Å². The average molecular weight is 322 g/mol. The number of ether oxygens (including phenoxy) is 1. The van der Waals surface area contributed by atoms with Crippen molar-refractivity contribution in [3.05, 3.63) is 63.6 Å². The molecule has 0 aromatic heterocycles. The molecule has 0 unspecified atom stereocenters. The van der Waals surface area contributed by atoms with Gasteiger partial charge in [0.2, 0.25) is 0 Å². The Kier molecular flexibility index (Phi) is 4.69. The Balaban J connectivity index is 1.66. The molecule has 2 aromatic rings. The van der Waals surface area contributed by atoms with Gasteiger partial charge in [-0.2, -0.15) is 0 Å². The van der Waals surface area contributed by atoms with Crippen molar-refractivity contribution in [3.8, 4) is 5.75 Å². The van der Waals surface area contributed by atoms with Crippen LogP contribution >= 0.6 is 23.2 Å². The second kappa shape index (κ2) is 6.69. The van der Waals surface area contributed by atoms with Gasteiger partial charge in [0.25, 0.3) is 0 Å². The summed E-state index contributed by atoms with van der Waals surface area (Å²) in [6.45, 7) is 1.25. The van der Waals surface area contributed by atoms with E-state index in [1.165, 1.54) is 12.8 Å². The predicted molar refractivity (Wildman–Crippen MR) is 87.1 cm³/mol. The van der Waals surface area contributed by atoms with Crippen molar-refractivity contribution in [2.45, 2.75) is 32.0 Å². The highest BCUT2D eigenvalue weighted by Crippen LogP contribution is 2.35. The van der Waals surface area contributed by atoms with Crippen LogP contribution in [0, 0.1) is 0 Å². The van der Waals surface area contributed by atoms with E-state index in [-0.39, 0.29) is 0 Å². The van der Waals surface area contributed by atoms with E-state index in [0.29, 0.717) is 28.4 Å². The van der Waals surface area contributed by atoms with Crippen LogP contribution in [0.15, 0.2) is 42.5 Å². The molecule has 3 rings (SSSR count). The molecule has 0 amide bonds. The van der Waals surface area contributed by atoms with Crippen LogP contribution in [0.25, 0.3) is 0 Å². The lowest BCUT2D eigenvalue weighted by molar-refractivity contribution is 0.306. The van der Waals surface area contributed by atoms with Crippen LogP contribution < -0.4 is 10.1 Å². The third-order valence-corrected chi connectivity index (χ3v) is 4.02. The van der Waals surface area contributed by atoms with Crippen molar-refractivity contribution in [1.29, 1.82) is 0 Å². The number of halogens is 2. The Morgan fingerprint density at radius 1 is 1.00 bits per heavy atom. The molecule has 0 atom stereocenters. The van der Waals surface area contributed by atoms with Crippen LogP contribution in [-0.2, 0) is 13.2 Å². The molecule has 2 aromatic carbocycles. The minimum atomic E-state index is 0.458.